The van der Waals surface area contributed by atoms with E-state index in [4.69, 9.17) is 18.9 Å². The molecule has 35 heavy (non-hydrogen) atoms. The van der Waals surface area contributed by atoms with Gasteiger partial charge in [-0.15, -0.1) is 0 Å². The van der Waals surface area contributed by atoms with Crippen molar-refractivity contribution in [3.8, 4) is 23.0 Å². The molecule has 2 atom stereocenters. The topological polar surface area (TPSA) is 79.7 Å². The molecule has 0 amide bonds. The van der Waals surface area contributed by atoms with Crippen molar-refractivity contribution in [1.82, 2.24) is 14.8 Å². The Bertz CT molecular complexity index is 1430. The summed E-state index contributed by atoms with van der Waals surface area (Å²) >= 11 is 0. The van der Waals surface area contributed by atoms with Gasteiger partial charge in [0.25, 0.3) is 0 Å². The van der Waals surface area contributed by atoms with Crippen molar-refractivity contribution in [1.29, 1.82) is 0 Å². The number of para-hydroxylation sites is 1. The number of aromatic nitrogens is 3. The maximum atomic E-state index is 6.67. The van der Waals surface area contributed by atoms with Crippen molar-refractivity contribution in [2.75, 3.05) is 26.6 Å². The van der Waals surface area contributed by atoms with E-state index >= 15 is 0 Å². The SMILES string of the molecule is COc1ccc(C2C3=C(Nc4ncnn42)c2ccccc2OC3c2ccc(OC)c(OC)c2)cc1. The highest BCUT2D eigenvalue weighted by Crippen LogP contribution is 2.51. The Morgan fingerprint density at radius 1 is 0.857 bits per heavy atom. The summed E-state index contributed by atoms with van der Waals surface area (Å²) < 4.78 is 25.0. The Kier molecular flexibility index (Phi) is 5.06. The van der Waals surface area contributed by atoms with Crippen LogP contribution in [0.5, 0.6) is 23.0 Å². The first kappa shape index (κ1) is 21.1. The summed E-state index contributed by atoms with van der Waals surface area (Å²) in [5, 5.41) is 8.09. The van der Waals surface area contributed by atoms with E-state index in [9.17, 15) is 0 Å². The fourth-order valence-electron chi connectivity index (χ4n) is 4.82. The molecule has 0 fully saturated rings. The summed E-state index contributed by atoms with van der Waals surface area (Å²) in [6, 6.07) is 21.7. The maximum absolute atomic E-state index is 6.67. The van der Waals surface area contributed by atoms with Gasteiger partial charge in [0.05, 0.1) is 27.0 Å². The molecule has 0 bridgehead atoms. The van der Waals surface area contributed by atoms with Gasteiger partial charge in [-0.1, -0.05) is 30.3 Å². The summed E-state index contributed by atoms with van der Waals surface area (Å²) in [6.07, 6.45) is 1.16. The number of methoxy groups -OCH3 is 3. The average Bonchev–Trinajstić information content (AvgIpc) is 3.39. The minimum atomic E-state index is -0.406. The van der Waals surface area contributed by atoms with E-state index in [-0.39, 0.29) is 6.04 Å². The molecule has 4 aromatic rings. The van der Waals surface area contributed by atoms with Gasteiger partial charge in [-0.05, 0) is 42.0 Å². The summed E-state index contributed by atoms with van der Waals surface area (Å²) in [7, 11) is 4.92. The summed E-state index contributed by atoms with van der Waals surface area (Å²) in [5.41, 5.74) is 4.95. The molecule has 0 aliphatic carbocycles. The molecule has 176 valence electrons. The van der Waals surface area contributed by atoms with Crippen LogP contribution < -0.4 is 24.3 Å². The van der Waals surface area contributed by atoms with Gasteiger partial charge in [0.1, 0.15) is 30.0 Å². The van der Waals surface area contributed by atoms with Gasteiger partial charge < -0.3 is 24.3 Å². The van der Waals surface area contributed by atoms with Gasteiger partial charge in [-0.3, -0.25) is 0 Å². The van der Waals surface area contributed by atoms with Crippen LogP contribution in [-0.4, -0.2) is 36.1 Å². The Labute approximate surface area is 202 Å². The molecule has 3 aromatic carbocycles. The third-order valence-electron chi connectivity index (χ3n) is 6.46. The van der Waals surface area contributed by atoms with Gasteiger partial charge in [-0.25, -0.2) is 4.68 Å². The second kappa shape index (κ2) is 8.39. The van der Waals surface area contributed by atoms with Crippen LogP contribution in [0.3, 0.4) is 0 Å². The lowest BCUT2D eigenvalue weighted by Gasteiger charge is -2.39. The van der Waals surface area contributed by atoms with Crippen molar-refractivity contribution in [3.05, 3.63) is 95.3 Å². The largest absolute Gasteiger partial charge is 0.497 e. The van der Waals surface area contributed by atoms with Crippen molar-refractivity contribution >= 4 is 11.6 Å². The van der Waals surface area contributed by atoms with E-state index in [1.807, 2.05) is 53.2 Å². The molecular weight excluding hydrogens is 444 g/mol. The zero-order valence-corrected chi connectivity index (χ0v) is 19.6. The predicted molar refractivity (Wildman–Crippen MR) is 131 cm³/mol. The van der Waals surface area contributed by atoms with Crippen molar-refractivity contribution in [2.45, 2.75) is 12.1 Å². The van der Waals surface area contributed by atoms with Crippen LogP contribution in [0.15, 0.2) is 78.6 Å². The minimum absolute atomic E-state index is 0.249. The number of ether oxygens (including phenoxy) is 4. The number of benzene rings is 3. The van der Waals surface area contributed by atoms with Gasteiger partial charge in [0.2, 0.25) is 5.95 Å². The molecule has 0 spiro atoms. The normalized spacial score (nSPS) is 17.9. The Morgan fingerprint density at radius 2 is 1.63 bits per heavy atom. The number of fused-ring (bicyclic) bond motifs is 3. The number of hydrogen-bond donors (Lipinski definition) is 1. The fraction of sp³-hybridized carbons (Fsp3) is 0.185. The third-order valence-corrected chi connectivity index (χ3v) is 6.46. The monoisotopic (exact) mass is 468 g/mol. The molecule has 3 heterocycles. The number of anilines is 1. The molecule has 8 nitrogen and oxygen atoms in total. The second-order valence-electron chi connectivity index (χ2n) is 8.27. The fourth-order valence-corrected chi connectivity index (χ4v) is 4.82. The lowest BCUT2D eigenvalue weighted by atomic mass is 9.84. The molecule has 2 unspecified atom stereocenters. The van der Waals surface area contributed by atoms with E-state index in [2.05, 4.69) is 33.6 Å². The molecule has 6 rings (SSSR count). The second-order valence-corrected chi connectivity index (χ2v) is 8.27. The standard InChI is InChI=1S/C27H24N4O4/c1-32-18-11-8-16(9-12-18)25-23-24(30-27-28-15-29-31(25)27)19-6-4-5-7-20(19)35-26(23)17-10-13-21(33-2)22(14-17)34-3/h4-15,25-26H,1-3H3,(H,28,29,30). The molecule has 0 saturated carbocycles. The van der Waals surface area contributed by atoms with Gasteiger partial charge >= 0.3 is 0 Å². The van der Waals surface area contributed by atoms with Gasteiger partial charge in [0.15, 0.2) is 11.5 Å². The highest BCUT2D eigenvalue weighted by atomic mass is 16.5. The number of nitrogens with one attached hydrogen (secondary N) is 1. The van der Waals surface area contributed by atoms with Crippen LogP contribution >= 0.6 is 0 Å². The van der Waals surface area contributed by atoms with E-state index < -0.39 is 6.10 Å². The first-order chi connectivity index (χ1) is 17.2. The lowest BCUT2D eigenvalue weighted by molar-refractivity contribution is 0.222. The van der Waals surface area contributed by atoms with Crippen LogP contribution in [0.2, 0.25) is 0 Å². The molecule has 2 aliphatic rings. The van der Waals surface area contributed by atoms with Crippen molar-refractivity contribution < 1.29 is 18.9 Å². The number of rotatable bonds is 5. The first-order valence-electron chi connectivity index (χ1n) is 11.2. The van der Waals surface area contributed by atoms with Crippen molar-refractivity contribution in [2.24, 2.45) is 0 Å². The van der Waals surface area contributed by atoms with Crippen LogP contribution in [0, 0.1) is 0 Å². The highest BCUT2D eigenvalue weighted by Gasteiger charge is 2.41. The van der Waals surface area contributed by atoms with Crippen LogP contribution in [0.25, 0.3) is 5.70 Å². The molecule has 2 aliphatic heterocycles. The van der Waals surface area contributed by atoms with Crippen LogP contribution in [0.1, 0.15) is 28.8 Å². The third kappa shape index (κ3) is 3.37. The number of hydrogen-bond acceptors (Lipinski definition) is 7. The van der Waals surface area contributed by atoms with E-state index in [0.29, 0.717) is 17.4 Å². The molecule has 0 saturated heterocycles. The lowest BCUT2D eigenvalue weighted by Crippen LogP contribution is -2.32. The van der Waals surface area contributed by atoms with Gasteiger partial charge in [0, 0.05) is 16.7 Å². The highest BCUT2D eigenvalue weighted by molar-refractivity contribution is 5.85. The number of nitrogens with zero attached hydrogens (tertiary/aromatic N) is 3. The zero-order chi connectivity index (χ0) is 23.9. The maximum Gasteiger partial charge on any atom is 0.226 e. The predicted octanol–water partition coefficient (Wildman–Crippen LogP) is 4.86. The molecule has 1 aromatic heterocycles. The van der Waals surface area contributed by atoms with Crippen LogP contribution in [0.4, 0.5) is 5.95 Å². The zero-order valence-electron chi connectivity index (χ0n) is 19.6. The van der Waals surface area contributed by atoms with E-state index in [0.717, 1.165) is 39.5 Å². The molecule has 0 radical (unpaired) electrons. The smallest absolute Gasteiger partial charge is 0.226 e. The summed E-state index contributed by atoms with van der Waals surface area (Å²) in [4.78, 5) is 4.48. The van der Waals surface area contributed by atoms with E-state index in [1.54, 1.807) is 27.7 Å². The van der Waals surface area contributed by atoms with Gasteiger partial charge in [-0.2, -0.15) is 10.1 Å². The molecular formula is C27H24N4O4. The first-order valence-corrected chi connectivity index (χ1v) is 11.2. The van der Waals surface area contributed by atoms with Crippen molar-refractivity contribution in [3.63, 3.8) is 0 Å². The average molecular weight is 469 g/mol. The minimum Gasteiger partial charge on any atom is -0.497 e. The van der Waals surface area contributed by atoms with E-state index in [1.165, 1.54) is 0 Å². The molecule has 1 N–H and O–H groups in total. The van der Waals surface area contributed by atoms with Crippen LogP contribution in [-0.2, 0) is 0 Å². The molecule has 8 heteroatoms. The summed E-state index contributed by atoms with van der Waals surface area (Å²) in [5.74, 6) is 3.55. The Balaban J connectivity index is 1.59. The Morgan fingerprint density at radius 3 is 2.40 bits per heavy atom. The summed E-state index contributed by atoms with van der Waals surface area (Å²) in [6.45, 7) is 0. The Hall–Kier alpha value is -4.46. The quantitative estimate of drug-likeness (QED) is 0.448.